The summed E-state index contributed by atoms with van der Waals surface area (Å²) in [5, 5.41) is 19.9. The molecule has 2 atom stereocenters. The van der Waals surface area contributed by atoms with Gasteiger partial charge < -0.3 is 20.3 Å². The van der Waals surface area contributed by atoms with Gasteiger partial charge in [-0.05, 0) is 49.4 Å². The molecule has 2 aromatic carbocycles. The molecular formula is C19H19ClF3NO5S. The zero-order valence-corrected chi connectivity index (χ0v) is 17.3. The van der Waals surface area contributed by atoms with Crippen LogP contribution in [0.4, 0.5) is 18.9 Å². The lowest BCUT2D eigenvalue weighted by Crippen LogP contribution is -2.52. The van der Waals surface area contributed by atoms with Gasteiger partial charge in [0, 0.05) is 22.8 Å². The molecule has 0 fully saturated rings. The fourth-order valence-electron chi connectivity index (χ4n) is 2.14. The summed E-state index contributed by atoms with van der Waals surface area (Å²) < 4.78 is 56.4. The summed E-state index contributed by atoms with van der Waals surface area (Å²) in [7, 11) is -1.65. The zero-order valence-electron chi connectivity index (χ0n) is 15.7. The third-order valence-corrected chi connectivity index (χ3v) is 5.70. The largest absolute Gasteiger partial charge is 0.494 e. The highest BCUT2D eigenvalue weighted by atomic mass is 35.5. The average Bonchev–Trinajstić information content (AvgIpc) is 2.68. The Bertz CT molecular complexity index is 919. The molecule has 3 N–H and O–H groups in total. The highest BCUT2D eigenvalue weighted by molar-refractivity contribution is 7.85. The van der Waals surface area contributed by atoms with E-state index in [-0.39, 0.29) is 22.2 Å². The maximum atomic E-state index is 12.8. The maximum Gasteiger partial charge on any atom is 0.426 e. The van der Waals surface area contributed by atoms with Crippen molar-refractivity contribution in [1.29, 1.82) is 0 Å². The van der Waals surface area contributed by atoms with Gasteiger partial charge in [-0.25, -0.2) is 4.21 Å². The van der Waals surface area contributed by atoms with Crippen molar-refractivity contribution in [3.05, 3.63) is 47.5 Å². The van der Waals surface area contributed by atoms with Crippen molar-refractivity contribution >= 4 is 34.0 Å². The molecule has 0 saturated carbocycles. The van der Waals surface area contributed by atoms with Crippen molar-refractivity contribution in [2.75, 3.05) is 18.5 Å². The van der Waals surface area contributed by atoms with Gasteiger partial charge in [0.05, 0.1) is 28.1 Å². The van der Waals surface area contributed by atoms with Gasteiger partial charge in [-0.2, -0.15) is 13.2 Å². The van der Waals surface area contributed by atoms with E-state index in [0.717, 1.165) is 0 Å². The van der Waals surface area contributed by atoms with Crippen LogP contribution in [0.15, 0.2) is 52.3 Å². The number of aliphatic hydroxyl groups is 2. The molecule has 2 rings (SSSR count). The van der Waals surface area contributed by atoms with Crippen LogP contribution in [0.5, 0.6) is 5.75 Å². The minimum atomic E-state index is -5.17. The molecule has 0 radical (unpaired) electrons. The van der Waals surface area contributed by atoms with E-state index in [1.165, 1.54) is 18.2 Å². The lowest BCUT2D eigenvalue weighted by molar-refractivity contribution is -0.242. The summed E-state index contributed by atoms with van der Waals surface area (Å²) in [5.74, 6) is -1.15. The van der Waals surface area contributed by atoms with E-state index in [9.17, 15) is 27.3 Å². The number of hydrogen-bond donors (Lipinski definition) is 3. The Morgan fingerprint density at radius 1 is 1.17 bits per heavy atom. The van der Waals surface area contributed by atoms with Gasteiger partial charge in [0.2, 0.25) is 5.60 Å². The Morgan fingerprint density at radius 2 is 1.77 bits per heavy atom. The Kier molecular flexibility index (Phi) is 7.87. The summed E-state index contributed by atoms with van der Waals surface area (Å²) in [6, 6.07) is 10.2. The minimum absolute atomic E-state index is 0.00700. The number of aliphatic hydroxyl groups excluding tert-OH is 1. The number of rotatable bonds is 8. The van der Waals surface area contributed by atoms with Crippen molar-refractivity contribution in [3.8, 4) is 5.75 Å². The third kappa shape index (κ3) is 5.72. The van der Waals surface area contributed by atoms with Gasteiger partial charge in [0.25, 0.3) is 5.91 Å². The molecule has 0 spiro atoms. The SMILES string of the molecule is C[C@@](O)(C(=O)Nc1ccc(S(=O)c2ccc(OCCCO)cc2)cc1Cl)C(F)(F)F. The van der Waals surface area contributed by atoms with Crippen LogP contribution in [0.2, 0.25) is 5.02 Å². The quantitative estimate of drug-likeness (QED) is 0.518. The van der Waals surface area contributed by atoms with Crippen LogP contribution in [0, 0.1) is 0 Å². The lowest BCUT2D eigenvalue weighted by Gasteiger charge is -2.25. The first-order valence-electron chi connectivity index (χ1n) is 8.63. The molecule has 0 aromatic heterocycles. The normalized spacial score (nSPS) is 14.6. The standard InChI is InChI=1S/C19H19ClF3NO5S/c1-18(27,19(21,22)23)17(26)24-16-8-7-14(11-15(16)20)30(28)13-5-3-12(4-6-13)29-10-2-9-25/h3-8,11,25,27H,2,9-10H2,1H3,(H,24,26)/t18-,30?/m1/s1. The second-order valence-electron chi connectivity index (χ2n) is 6.33. The molecule has 30 heavy (non-hydrogen) atoms. The number of nitrogens with one attached hydrogen (secondary N) is 1. The number of ether oxygens (including phenoxy) is 1. The molecule has 6 nitrogen and oxygen atoms in total. The number of amides is 1. The Labute approximate surface area is 178 Å². The fraction of sp³-hybridized carbons (Fsp3) is 0.316. The number of benzene rings is 2. The van der Waals surface area contributed by atoms with Crippen LogP contribution in [-0.2, 0) is 15.6 Å². The van der Waals surface area contributed by atoms with Crippen molar-refractivity contribution in [2.45, 2.75) is 34.9 Å². The molecule has 11 heteroatoms. The first-order chi connectivity index (χ1) is 14.0. The van der Waals surface area contributed by atoms with Crippen LogP contribution in [0.3, 0.4) is 0 Å². The monoisotopic (exact) mass is 465 g/mol. The van der Waals surface area contributed by atoms with E-state index in [2.05, 4.69) is 0 Å². The van der Waals surface area contributed by atoms with Crippen LogP contribution >= 0.6 is 11.6 Å². The zero-order chi connectivity index (χ0) is 22.5. The highest BCUT2D eigenvalue weighted by Gasteiger charge is 2.55. The van der Waals surface area contributed by atoms with E-state index in [4.69, 9.17) is 21.4 Å². The summed E-state index contributed by atoms with van der Waals surface area (Å²) in [6.45, 7) is 0.673. The summed E-state index contributed by atoms with van der Waals surface area (Å²) in [6.07, 6.45) is -4.69. The van der Waals surface area contributed by atoms with E-state index < -0.39 is 28.5 Å². The van der Waals surface area contributed by atoms with Crippen LogP contribution in [0.25, 0.3) is 0 Å². The predicted molar refractivity (Wildman–Crippen MR) is 105 cm³/mol. The lowest BCUT2D eigenvalue weighted by atomic mass is 10.1. The highest BCUT2D eigenvalue weighted by Crippen LogP contribution is 2.33. The Hall–Kier alpha value is -2.14. The van der Waals surface area contributed by atoms with Crippen molar-refractivity contribution < 1.29 is 37.1 Å². The molecule has 1 unspecified atom stereocenters. The number of carbonyl (C=O) groups excluding carboxylic acids is 1. The molecule has 0 bridgehead atoms. The second kappa shape index (κ2) is 9.78. The molecule has 164 valence electrons. The molecule has 0 aliphatic carbocycles. The Balaban J connectivity index is 2.13. The van der Waals surface area contributed by atoms with Gasteiger partial charge in [-0.3, -0.25) is 4.79 Å². The van der Waals surface area contributed by atoms with Gasteiger partial charge in [0.15, 0.2) is 0 Å². The fourth-order valence-corrected chi connectivity index (χ4v) is 3.50. The van der Waals surface area contributed by atoms with Gasteiger partial charge >= 0.3 is 6.18 Å². The summed E-state index contributed by atoms with van der Waals surface area (Å²) in [5.41, 5.74) is -3.77. The molecule has 1 amide bonds. The average molecular weight is 466 g/mol. The van der Waals surface area contributed by atoms with Gasteiger partial charge in [0.1, 0.15) is 5.75 Å². The predicted octanol–water partition coefficient (Wildman–Crippen LogP) is 3.52. The van der Waals surface area contributed by atoms with Crippen molar-refractivity contribution in [2.24, 2.45) is 0 Å². The first-order valence-corrected chi connectivity index (χ1v) is 10.2. The van der Waals surface area contributed by atoms with Crippen LogP contribution in [0.1, 0.15) is 13.3 Å². The van der Waals surface area contributed by atoms with Crippen molar-refractivity contribution in [3.63, 3.8) is 0 Å². The molecule has 0 heterocycles. The maximum absolute atomic E-state index is 12.8. The number of anilines is 1. The van der Waals surface area contributed by atoms with Gasteiger partial charge in [-0.1, -0.05) is 11.6 Å². The molecule has 0 saturated heterocycles. The topological polar surface area (TPSA) is 95.9 Å². The minimum Gasteiger partial charge on any atom is -0.494 e. The van der Waals surface area contributed by atoms with Crippen LogP contribution < -0.4 is 10.1 Å². The molecule has 0 aliphatic heterocycles. The van der Waals surface area contributed by atoms with Crippen LogP contribution in [-0.4, -0.2) is 45.3 Å². The van der Waals surface area contributed by atoms with Gasteiger partial charge in [-0.15, -0.1) is 0 Å². The second-order valence-corrected chi connectivity index (χ2v) is 8.22. The molecule has 2 aromatic rings. The third-order valence-electron chi connectivity index (χ3n) is 4.01. The summed E-state index contributed by atoms with van der Waals surface area (Å²) in [4.78, 5) is 12.5. The smallest absolute Gasteiger partial charge is 0.426 e. The van der Waals surface area contributed by atoms with E-state index in [1.54, 1.807) is 24.3 Å². The van der Waals surface area contributed by atoms with E-state index >= 15 is 0 Å². The van der Waals surface area contributed by atoms with Crippen molar-refractivity contribution in [1.82, 2.24) is 0 Å². The van der Waals surface area contributed by atoms with E-state index in [1.807, 2.05) is 5.32 Å². The summed E-state index contributed by atoms with van der Waals surface area (Å²) >= 11 is 6.01. The first kappa shape index (κ1) is 24.1. The number of alkyl halides is 3. The Morgan fingerprint density at radius 3 is 2.30 bits per heavy atom. The molecule has 0 aliphatic rings. The number of halogens is 4. The van der Waals surface area contributed by atoms with E-state index in [0.29, 0.717) is 30.6 Å². The molecular weight excluding hydrogens is 447 g/mol. The number of carbonyl (C=O) groups is 1. The number of hydrogen-bond acceptors (Lipinski definition) is 5.